The molecule has 1 amide bonds. The van der Waals surface area contributed by atoms with E-state index in [0.717, 1.165) is 5.56 Å². The van der Waals surface area contributed by atoms with Gasteiger partial charge in [0.05, 0.1) is 17.7 Å². The zero-order chi connectivity index (χ0) is 19.1. The molecule has 1 heterocycles. The van der Waals surface area contributed by atoms with Crippen molar-refractivity contribution in [1.82, 2.24) is 4.90 Å². The second-order valence-electron chi connectivity index (χ2n) is 5.94. The van der Waals surface area contributed by atoms with E-state index in [1.54, 1.807) is 35.4 Å². The Morgan fingerprint density at radius 1 is 1.00 bits per heavy atom. The number of carbonyl (C=O) groups is 1. The minimum absolute atomic E-state index is 0.0157. The van der Waals surface area contributed by atoms with Gasteiger partial charge in [-0.15, -0.1) is 0 Å². The predicted octanol–water partition coefficient (Wildman–Crippen LogP) is 4.43. The lowest BCUT2D eigenvalue weighted by Gasteiger charge is -2.20. The lowest BCUT2D eigenvalue weighted by molar-refractivity contribution is -0.384. The summed E-state index contributed by atoms with van der Waals surface area (Å²) in [6.07, 6.45) is 4.69. The van der Waals surface area contributed by atoms with Crippen LogP contribution in [-0.2, 0) is 17.9 Å². The molecule has 2 aromatic carbocycles. The summed E-state index contributed by atoms with van der Waals surface area (Å²) in [5, 5.41) is 10.7. The summed E-state index contributed by atoms with van der Waals surface area (Å²) in [4.78, 5) is 24.6. The third-order valence-electron chi connectivity index (χ3n) is 3.98. The number of rotatable bonds is 7. The Bertz CT molecular complexity index is 917. The van der Waals surface area contributed by atoms with Crippen LogP contribution in [0.4, 0.5) is 5.69 Å². The Morgan fingerprint density at radius 3 is 2.37 bits per heavy atom. The van der Waals surface area contributed by atoms with Gasteiger partial charge in [-0.3, -0.25) is 14.9 Å². The summed E-state index contributed by atoms with van der Waals surface area (Å²) in [5.74, 6) is 0.525. The van der Waals surface area contributed by atoms with E-state index in [4.69, 9.17) is 4.42 Å². The molecule has 0 aliphatic rings. The van der Waals surface area contributed by atoms with E-state index in [1.165, 1.54) is 18.2 Å². The molecule has 6 heteroatoms. The Morgan fingerprint density at radius 2 is 1.74 bits per heavy atom. The molecule has 0 aliphatic carbocycles. The summed E-state index contributed by atoms with van der Waals surface area (Å²) >= 11 is 0. The summed E-state index contributed by atoms with van der Waals surface area (Å²) in [7, 11) is 0. The van der Waals surface area contributed by atoms with Gasteiger partial charge in [-0.25, -0.2) is 0 Å². The highest BCUT2D eigenvalue weighted by molar-refractivity contribution is 5.91. The molecule has 0 unspecified atom stereocenters. The van der Waals surface area contributed by atoms with Crippen molar-refractivity contribution in [2.24, 2.45) is 0 Å². The van der Waals surface area contributed by atoms with E-state index in [9.17, 15) is 14.9 Å². The summed E-state index contributed by atoms with van der Waals surface area (Å²) in [6, 6.07) is 19.4. The molecule has 0 saturated carbocycles. The Kier molecular flexibility index (Phi) is 5.79. The maximum atomic E-state index is 12.7. The molecule has 0 saturated heterocycles. The summed E-state index contributed by atoms with van der Waals surface area (Å²) in [6.45, 7) is 0.802. The van der Waals surface area contributed by atoms with Crippen LogP contribution in [-0.4, -0.2) is 15.7 Å². The molecule has 1 aromatic heterocycles. The van der Waals surface area contributed by atoms with Gasteiger partial charge < -0.3 is 9.32 Å². The molecule has 0 radical (unpaired) electrons. The molecule has 6 nitrogen and oxygen atoms in total. The van der Waals surface area contributed by atoms with Crippen LogP contribution in [0.3, 0.4) is 0 Å². The normalized spacial score (nSPS) is 10.8. The first-order chi connectivity index (χ1) is 13.1. The minimum atomic E-state index is -0.455. The molecule has 136 valence electrons. The lowest BCUT2D eigenvalue weighted by atomic mass is 10.2. The first kappa shape index (κ1) is 18.1. The van der Waals surface area contributed by atoms with Gasteiger partial charge >= 0.3 is 0 Å². The monoisotopic (exact) mass is 362 g/mol. The van der Waals surface area contributed by atoms with Crippen molar-refractivity contribution in [1.29, 1.82) is 0 Å². The van der Waals surface area contributed by atoms with E-state index in [0.29, 0.717) is 24.4 Å². The van der Waals surface area contributed by atoms with Gasteiger partial charge in [-0.1, -0.05) is 30.3 Å². The highest BCUT2D eigenvalue weighted by Crippen LogP contribution is 2.15. The Labute approximate surface area is 156 Å². The van der Waals surface area contributed by atoms with Crippen LogP contribution in [0.15, 0.2) is 83.5 Å². The lowest BCUT2D eigenvalue weighted by Crippen LogP contribution is -2.28. The van der Waals surface area contributed by atoms with Crippen molar-refractivity contribution in [3.8, 4) is 0 Å². The zero-order valence-corrected chi connectivity index (χ0v) is 14.5. The SMILES string of the molecule is O=C(/C=C/c1ccc([N+](=O)[O-])cc1)N(Cc1ccccc1)Cc1ccco1. The number of nitro groups is 1. The fourth-order valence-corrected chi connectivity index (χ4v) is 2.59. The van der Waals surface area contributed by atoms with Crippen LogP contribution in [0.2, 0.25) is 0 Å². The van der Waals surface area contributed by atoms with Crippen molar-refractivity contribution in [3.63, 3.8) is 0 Å². The van der Waals surface area contributed by atoms with Crippen LogP contribution in [0.1, 0.15) is 16.9 Å². The van der Waals surface area contributed by atoms with Gasteiger partial charge in [-0.2, -0.15) is 0 Å². The van der Waals surface area contributed by atoms with Gasteiger partial charge in [0.25, 0.3) is 5.69 Å². The summed E-state index contributed by atoms with van der Waals surface area (Å²) < 4.78 is 5.37. The molecule has 3 rings (SSSR count). The van der Waals surface area contributed by atoms with Crippen molar-refractivity contribution >= 4 is 17.7 Å². The number of hydrogen-bond donors (Lipinski definition) is 0. The fraction of sp³-hybridized carbons (Fsp3) is 0.0952. The highest BCUT2D eigenvalue weighted by Gasteiger charge is 2.13. The highest BCUT2D eigenvalue weighted by atomic mass is 16.6. The molecule has 0 N–H and O–H groups in total. The third-order valence-corrected chi connectivity index (χ3v) is 3.98. The number of benzene rings is 2. The number of furan rings is 1. The van der Waals surface area contributed by atoms with Gasteiger partial charge in [0.1, 0.15) is 5.76 Å². The molecule has 0 bridgehead atoms. The molecule has 0 atom stereocenters. The van der Waals surface area contributed by atoms with Gasteiger partial charge in [0.2, 0.25) is 5.91 Å². The first-order valence-electron chi connectivity index (χ1n) is 8.39. The molecule has 0 spiro atoms. The van der Waals surface area contributed by atoms with Crippen LogP contribution in [0, 0.1) is 10.1 Å². The number of nitrogens with zero attached hydrogens (tertiary/aromatic N) is 2. The molecular formula is C21H18N2O4. The Hall–Kier alpha value is -3.67. The maximum Gasteiger partial charge on any atom is 0.269 e. The van der Waals surface area contributed by atoms with Crippen molar-refractivity contribution in [2.75, 3.05) is 0 Å². The van der Waals surface area contributed by atoms with Gasteiger partial charge in [-0.05, 0) is 41.5 Å². The standard InChI is InChI=1S/C21H18N2O4/c24-21(13-10-17-8-11-19(12-9-17)23(25)26)22(16-20-7-4-14-27-20)15-18-5-2-1-3-6-18/h1-14H,15-16H2/b13-10+. The van der Waals surface area contributed by atoms with E-state index < -0.39 is 4.92 Å². The van der Waals surface area contributed by atoms with E-state index in [2.05, 4.69) is 0 Å². The van der Waals surface area contributed by atoms with Crippen molar-refractivity contribution < 1.29 is 14.1 Å². The minimum Gasteiger partial charge on any atom is -0.467 e. The molecule has 0 fully saturated rings. The number of hydrogen-bond acceptors (Lipinski definition) is 4. The van der Waals surface area contributed by atoms with Crippen LogP contribution < -0.4 is 0 Å². The number of carbonyl (C=O) groups excluding carboxylic acids is 1. The van der Waals surface area contributed by atoms with E-state index >= 15 is 0 Å². The third kappa shape index (κ3) is 5.15. The van der Waals surface area contributed by atoms with Crippen molar-refractivity contribution in [2.45, 2.75) is 13.1 Å². The predicted molar refractivity (Wildman–Crippen MR) is 102 cm³/mol. The van der Waals surface area contributed by atoms with E-state index in [-0.39, 0.29) is 11.6 Å². The number of non-ortho nitro benzene ring substituents is 1. The van der Waals surface area contributed by atoms with Gasteiger partial charge in [0, 0.05) is 24.8 Å². The van der Waals surface area contributed by atoms with E-state index in [1.807, 2.05) is 36.4 Å². The average molecular weight is 362 g/mol. The van der Waals surface area contributed by atoms with Crippen LogP contribution >= 0.6 is 0 Å². The maximum absolute atomic E-state index is 12.7. The first-order valence-corrected chi connectivity index (χ1v) is 8.39. The fourth-order valence-electron chi connectivity index (χ4n) is 2.59. The second kappa shape index (κ2) is 8.62. The summed E-state index contributed by atoms with van der Waals surface area (Å²) in [5.41, 5.74) is 1.75. The average Bonchev–Trinajstić information content (AvgIpc) is 3.20. The van der Waals surface area contributed by atoms with Crippen LogP contribution in [0.25, 0.3) is 6.08 Å². The smallest absolute Gasteiger partial charge is 0.269 e. The zero-order valence-electron chi connectivity index (χ0n) is 14.5. The quantitative estimate of drug-likeness (QED) is 0.354. The van der Waals surface area contributed by atoms with Crippen LogP contribution in [0.5, 0.6) is 0 Å². The van der Waals surface area contributed by atoms with Gasteiger partial charge in [0.15, 0.2) is 0 Å². The molecule has 3 aromatic rings. The van der Waals surface area contributed by atoms with Crippen molar-refractivity contribution in [3.05, 3.63) is 106 Å². The topological polar surface area (TPSA) is 76.6 Å². The number of nitro benzene ring substituents is 1. The largest absolute Gasteiger partial charge is 0.467 e. The molecule has 0 aliphatic heterocycles. The molecular weight excluding hydrogens is 344 g/mol. The molecule has 27 heavy (non-hydrogen) atoms. The Balaban J connectivity index is 1.74. The number of amides is 1. The second-order valence-corrected chi connectivity index (χ2v) is 5.94.